The molecule has 0 saturated heterocycles. The predicted molar refractivity (Wildman–Crippen MR) is 93.9 cm³/mol. The van der Waals surface area contributed by atoms with E-state index in [1.165, 1.54) is 0 Å². The lowest BCUT2D eigenvalue weighted by atomic mass is 10.1. The van der Waals surface area contributed by atoms with E-state index in [-0.39, 0.29) is 18.2 Å². The van der Waals surface area contributed by atoms with E-state index in [1.807, 2.05) is 43.3 Å². The smallest absolute Gasteiger partial charge is 0.251 e. The SMILES string of the molecule is CNC(=O)c1ccc(C)c(NC(=O)CCOCc2ccccc2)c1. The number of carbonyl (C=O) groups is 2. The van der Waals surface area contributed by atoms with Crippen LogP contribution in [0.15, 0.2) is 48.5 Å². The van der Waals surface area contributed by atoms with Crippen LogP contribution >= 0.6 is 0 Å². The number of hydrogen-bond acceptors (Lipinski definition) is 3. The quantitative estimate of drug-likeness (QED) is 0.769. The van der Waals surface area contributed by atoms with Gasteiger partial charge in [0.2, 0.25) is 5.91 Å². The molecule has 0 saturated carbocycles. The van der Waals surface area contributed by atoms with Gasteiger partial charge in [0.1, 0.15) is 0 Å². The zero-order valence-corrected chi connectivity index (χ0v) is 14.0. The van der Waals surface area contributed by atoms with Gasteiger partial charge in [0, 0.05) is 18.3 Å². The van der Waals surface area contributed by atoms with Crippen LogP contribution in [0.3, 0.4) is 0 Å². The zero-order chi connectivity index (χ0) is 17.4. The molecule has 0 aliphatic rings. The fourth-order valence-corrected chi connectivity index (χ4v) is 2.18. The van der Waals surface area contributed by atoms with Crippen molar-refractivity contribution in [1.82, 2.24) is 5.32 Å². The number of carbonyl (C=O) groups excluding carboxylic acids is 2. The van der Waals surface area contributed by atoms with Crippen LogP contribution in [-0.4, -0.2) is 25.5 Å². The van der Waals surface area contributed by atoms with E-state index in [9.17, 15) is 9.59 Å². The molecule has 0 heterocycles. The Morgan fingerprint density at radius 3 is 2.54 bits per heavy atom. The molecule has 0 aromatic heterocycles. The minimum atomic E-state index is -0.184. The van der Waals surface area contributed by atoms with Crippen molar-refractivity contribution in [3.05, 3.63) is 65.2 Å². The lowest BCUT2D eigenvalue weighted by molar-refractivity contribution is -0.117. The van der Waals surface area contributed by atoms with Crippen molar-refractivity contribution in [3.8, 4) is 0 Å². The zero-order valence-electron chi connectivity index (χ0n) is 14.0. The van der Waals surface area contributed by atoms with Crippen LogP contribution in [0.25, 0.3) is 0 Å². The van der Waals surface area contributed by atoms with Gasteiger partial charge in [-0.25, -0.2) is 0 Å². The standard InChI is InChI=1S/C19H22N2O3/c1-14-8-9-16(19(23)20-2)12-17(14)21-18(22)10-11-24-13-15-6-4-3-5-7-15/h3-9,12H,10-11,13H2,1-2H3,(H,20,23)(H,21,22). The maximum atomic E-state index is 12.0. The van der Waals surface area contributed by atoms with Gasteiger partial charge in [-0.1, -0.05) is 36.4 Å². The van der Waals surface area contributed by atoms with Crippen LogP contribution in [-0.2, 0) is 16.1 Å². The molecule has 5 heteroatoms. The summed E-state index contributed by atoms with van der Waals surface area (Å²) in [6, 6.07) is 15.0. The molecule has 5 nitrogen and oxygen atoms in total. The molecule has 0 unspecified atom stereocenters. The number of nitrogens with one attached hydrogen (secondary N) is 2. The van der Waals surface area contributed by atoms with Crippen molar-refractivity contribution in [2.75, 3.05) is 19.0 Å². The van der Waals surface area contributed by atoms with Crippen molar-refractivity contribution in [1.29, 1.82) is 0 Å². The van der Waals surface area contributed by atoms with Crippen LogP contribution in [0.5, 0.6) is 0 Å². The van der Waals surface area contributed by atoms with Crippen LogP contribution in [0, 0.1) is 6.92 Å². The van der Waals surface area contributed by atoms with Crippen molar-refractivity contribution < 1.29 is 14.3 Å². The minimum absolute atomic E-state index is 0.139. The highest BCUT2D eigenvalue weighted by molar-refractivity contribution is 5.97. The van der Waals surface area contributed by atoms with Gasteiger partial charge in [0.25, 0.3) is 5.91 Å². The van der Waals surface area contributed by atoms with Gasteiger partial charge < -0.3 is 15.4 Å². The second-order valence-electron chi connectivity index (χ2n) is 5.45. The molecule has 2 aromatic carbocycles. The van der Waals surface area contributed by atoms with Gasteiger partial charge in [-0.3, -0.25) is 9.59 Å². The predicted octanol–water partition coefficient (Wildman–Crippen LogP) is 2.90. The average molecular weight is 326 g/mol. The second kappa shape index (κ2) is 8.84. The number of ether oxygens (including phenoxy) is 1. The van der Waals surface area contributed by atoms with Gasteiger partial charge in [-0.05, 0) is 30.2 Å². The molecule has 0 aliphatic carbocycles. The molecule has 0 radical (unpaired) electrons. The van der Waals surface area contributed by atoms with Crippen molar-refractivity contribution in [3.63, 3.8) is 0 Å². The van der Waals surface area contributed by atoms with E-state index < -0.39 is 0 Å². The number of benzene rings is 2. The number of hydrogen-bond donors (Lipinski definition) is 2. The minimum Gasteiger partial charge on any atom is -0.376 e. The van der Waals surface area contributed by atoms with E-state index in [0.717, 1.165) is 11.1 Å². The van der Waals surface area contributed by atoms with Crippen molar-refractivity contribution in [2.24, 2.45) is 0 Å². The Bertz CT molecular complexity index is 699. The van der Waals surface area contributed by atoms with Crippen molar-refractivity contribution >= 4 is 17.5 Å². The third-order valence-corrected chi connectivity index (χ3v) is 3.59. The Balaban J connectivity index is 1.82. The fraction of sp³-hybridized carbons (Fsp3) is 0.263. The van der Waals surface area contributed by atoms with E-state index in [1.54, 1.807) is 19.2 Å². The molecule has 2 rings (SSSR count). The Labute approximate surface area is 142 Å². The molecule has 2 aromatic rings. The fourth-order valence-electron chi connectivity index (χ4n) is 2.18. The maximum Gasteiger partial charge on any atom is 0.251 e. The Morgan fingerprint density at radius 1 is 1.08 bits per heavy atom. The molecule has 126 valence electrons. The first-order valence-electron chi connectivity index (χ1n) is 7.84. The summed E-state index contributed by atoms with van der Waals surface area (Å²) >= 11 is 0. The number of amides is 2. The van der Waals surface area contributed by atoms with Gasteiger partial charge >= 0.3 is 0 Å². The third-order valence-electron chi connectivity index (χ3n) is 3.59. The molecule has 2 amide bonds. The largest absolute Gasteiger partial charge is 0.376 e. The van der Waals surface area contributed by atoms with E-state index in [4.69, 9.17) is 4.74 Å². The van der Waals surface area contributed by atoms with Gasteiger partial charge in [0.15, 0.2) is 0 Å². The average Bonchev–Trinajstić information content (AvgIpc) is 2.61. The van der Waals surface area contributed by atoms with Gasteiger partial charge in [-0.2, -0.15) is 0 Å². The first-order valence-corrected chi connectivity index (χ1v) is 7.84. The lowest BCUT2D eigenvalue weighted by Gasteiger charge is -2.10. The summed E-state index contributed by atoms with van der Waals surface area (Å²) in [4.78, 5) is 23.7. The van der Waals surface area contributed by atoms with Gasteiger partial charge in [-0.15, -0.1) is 0 Å². The summed E-state index contributed by atoms with van der Waals surface area (Å²) in [7, 11) is 1.57. The Kier molecular flexibility index (Phi) is 6.51. The van der Waals surface area contributed by atoms with Gasteiger partial charge in [0.05, 0.1) is 19.6 Å². The number of anilines is 1. The first-order chi connectivity index (χ1) is 11.6. The molecular formula is C19H22N2O3. The topological polar surface area (TPSA) is 67.4 Å². The second-order valence-corrected chi connectivity index (χ2v) is 5.45. The van der Waals surface area contributed by atoms with Crippen LogP contribution in [0.1, 0.15) is 27.9 Å². The summed E-state index contributed by atoms with van der Waals surface area (Å²) < 4.78 is 5.51. The van der Waals surface area contributed by atoms with Crippen LogP contribution < -0.4 is 10.6 Å². The number of rotatable bonds is 7. The Hall–Kier alpha value is -2.66. The monoisotopic (exact) mass is 326 g/mol. The summed E-state index contributed by atoms with van der Waals surface area (Å²) in [6.07, 6.45) is 0.260. The molecule has 0 aliphatic heterocycles. The van der Waals surface area contributed by atoms with E-state index in [0.29, 0.717) is 24.5 Å². The molecule has 2 N–H and O–H groups in total. The van der Waals surface area contributed by atoms with E-state index >= 15 is 0 Å². The highest BCUT2D eigenvalue weighted by Crippen LogP contribution is 2.17. The molecule has 0 atom stereocenters. The summed E-state index contributed by atoms with van der Waals surface area (Å²) in [6.45, 7) is 2.71. The summed E-state index contributed by atoms with van der Waals surface area (Å²) in [5, 5.41) is 5.40. The number of aryl methyl sites for hydroxylation is 1. The lowest BCUT2D eigenvalue weighted by Crippen LogP contribution is -2.19. The maximum absolute atomic E-state index is 12.0. The van der Waals surface area contributed by atoms with Crippen molar-refractivity contribution in [2.45, 2.75) is 20.0 Å². The summed E-state index contributed by atoms with van der Waals surface area (Å²) in [5.41, 5.74) is 3.14. The Morgan fingerprint density at radius 2 is 1.83 bits per heavy atom. The molecule has 0 bridgehead atoms. The van der Waals surface area contributed by atoms with E-state index in [2.05, 4.69) is 10.6 Å². The molecular weight excluding hydrogens is 304 g/mol. The highest BCUT2D eigenvalue weighted by atomic mass is 16.5. The summed E-state index contributed by atoms with van der Waals surface area (Å²) in [5.74, 6) is -0.322. The van der Waals surface area contributed by atoms with Crippen LogP contribution in [0.2, 0.25) is 0 Å². The molecule has 0 fully saturated rings. The first kappa shape index (κ1) is 17.7. The van der Waals surface area contributed by atoms with Crippen LogP contribution in [0.4, 0.5) is 5.69 Å². The molecule has 0 spiro atoms. The third kappa shape index (κ3) is 5.21. The molecule has 24 heavy (non-hydrogen) atoms. The normalized spacial score (nSPS) is 10.2. The highest BCUT2D eigenvalue weighted by Gasteiger charge is 2.09.